The fourth-order valence-corrected chi connectivity index (χ4v) is 2.29. The molecule has 0 unspecified atom stereocenters. The molecule has 0 atom stereocenters. The van der Waals surface area contributed by atoms with E-state index in [1.54, 1.807) is 11.8 Å². The molecule has 0 amide bonds. The highest BCUT2D eigenvalue weighted by atomic mass is 16.5. The molecule has 0 aliphatic rings. The summed E-state index contributed by atoms with van der Waals surface area (Å²) in [5.74, 6) is 0.651. The molecule has 5 heteroatoms. The van der Waals surface area contributed by atoms with Gasteiger partial charge in [-0.15, -0.1) is 5.10 Å². The van der Waals surface area contributed by atoms with Gasteiger partial charge in [-0.05, 0) is 49.2 Å². The molecule has 112 valence electrons. The van der Waals surface area contributed by atoms with Crippen LogP contribution in [0.25, 0.3) is 16.9 Å². The average molecular weight is 294 g/mol. The van der Waals surface area contributed by atoms with Gasteiger partial charge >= 0.3 is 0 Å². The zero-order valence-corrected chi connectivity index (χ0v) is 12.9. The van der Waals surface area contributed by atoms with Crippen molar-refractivity contribution >= 4 is 5.69 Å². The molecular formula is C17H18N4O. The molecule has 0 saturated carbocycles. The lowest BCUT2D eigenvalue weighted by molar-refractivity contribution is 0.417. The Morgan fingerprint density at radius 1 is 1.05 bits per heavy atom. The van der Waals surface area contributed by atoms with Crippen molar-refractivity contribution in [2.75, 3.05) is 12.8 Å². The predicted molar refractivity (Wildman–Crippen MR) is 87.2 cm³/mol. The Morgan fingerprint density at radius 3 is 2.55 bits per heavy atom. The summed E-state index contributed by atoms with van der Waals surface area (Å²) >= 11 is 0. The van der Waals surface area contributed by atoms with Gasteiger partial charge in [-0.2, -0.15) is 0 Å². The van der Waals surface area contributed by atoms with Gasteiger partial charge in [-0.25, -0.2) is 4.68 Å². The van der Waals surface area contributed by atoms with Gasteiger partial charge in [0.25, 0.3) is 0 Å². The zero-order chi connectivity index (χ0) is 15.7. The number of nitrogens with two attached hydrogens (primary N) is 1. The highest BCUT2D eigenvalue weighted by Crippen LogP contribution is 2.25. The Hall–Kier alpha value is -2.82. The fraction of sp³-hybridized carbons (Fsp3) is 0.176. The lowest BCUT2D eigenvalue weighted by Crippen LogP contribution is -1.98. The molecule has 1 aromatic heterocycles. The van der Waals surface area contributed by atoms with Crippen molar-refractivity contribution in [2.45, 2.75) is 13.8 Å². The number of rotatable bonds is 3. The third-order valence-corrected chi connectivity index (χ3v) is 3.77. The summed E-state index contributed by atoms with van der Waals surface area (Å²) in [7, 11) is 1.60. The van der Waals surface area contributed by atoms with Crippen LogP contribution in [0, 0.1) is 13.8 Å². The van der Waals surface area contributed by atoms with Crippen molar-refractivity contribution in [3.8, 4) is 22.7 Å². The second kappa shape index (κ2) is 5.52. The van der Waals surface area contributed by atoms with Crippen LogP contribution in [0.4, 0.5) is 5.69 Å². The van der Waals surface area contributed by atoms with Crippen molar-refractivity contribution < 1.29 is 4.74 Å². The maximum Gasteiger partial charge on any atom is 0.141 e. The van der Waals surface area contributed by atoms with Crippen molar-refractivity contribution in [1.29, 1.82) is 0 Å². The average Bonchev–Trinajstić information content (AvgIpc) is 3.00. The van der Waals surface area contributed by atoms with Crippen LogP contribution < -0.4 is 10.5 Å². The molecule has 3 aromatic rings. The minimum atomic E-state index is 0.572. The van der Waals surface area contributed by atoms with E-state index in [9.17, 15) is 0 Å². The third kappa shape index (κ3) is 2.53. The molecule has 0 spiro atoms. The lowest BCUT2D eigenvalue weighted by atomic mass is 10.0. The van der Waals surface area contributed by atoms with Gasteiger partial charge in [0.05, 0.1) is 24.7 Å². The first-order chi connectivity index (χ1) is 10.6. The summed E-state index contributed by atoms with van der Waals surface area (Å²) in [6.07, 6.45) is 1.89. The second-order valence-corrected chi connectivity index (χ2v) is 5.27. The molecule has 3 rings (SSSR count). The number of hydrogen-bond donors (Lipinski definition) is 1. The van der Waals surface area contributed by atoms with Crippen molar-refractivity contribution in [3.63, 3.8) is 0 Å². The van der Waals surface area contributed by atoms with E-state index in [2.05, 4.69) is 42.4 Å². The van der Waals surface area contributed by atoms with Crippen LogP contribution >= 0.6 is 0 Å². The number of aromatic nitrogens is 3. The second-order valence-electron chi connectivity index (χ2n) is 5.27. The monoisotopic (exact) mass is 294 g/mol. The first-order valence-electron chi connectivity index (χ1n) is 7.02. The molecular weight excluding hydrogens is 276 g/mol. The molecule has 0 radical (unpaired) electrons. The number of ether oxygens (including phenoxy) is 1. The molecule has 0 saturated heterocycles. The number of nitrogen functional groups attached to an aromatic ring is 1. The molecule has 0 bridgehead atoms. The number of aryl methyl sites for hydroxylation is 2. The first kappa shape index (κ1) is 14.1. The predicted octanol–water partition coefficient (Wildman–Crippen LogP) is 3.14. The summed E-state index contributed by atoms with van der Waals surface area (Å²) < 4.78 is 6.87. The first-order valence-corrected chi connectivity index (χ1v) is 7.02. The highest BCUT2D eigenvalue weighted by molar-refractivity contribution is 5.61. The molecule has 0 aliphatic heterocycles. The van der Waals surface area contributed by atoms with Crippen molar-refractivity contribution in [1.82, 2.24) is 15.0 Å². The summed E-state index contributed by atoms with van der Waals surface area (Å²) in [5, 5.41) is 8.43. The fourth-order valence-electron chi connectivity index (χ4n) is 2.29. The summed E-state index contributed by atoms with van der Waals surface area (Å²) in [6, 6.07) is 11.8. The molecule has 0 fully saturated rings. The molecule has 5 nitrogen and oxygen atoms in total. The van der Waals surface area contributed by atoms with Crippen LogP contribution in [0.2, 0.25) is 0 Å². The Bertz CT molecular complexity index is 823. The van der Waals surface area contributed by atoms with Crippen LogP contribution in [0.3, 0.4) is 0 Å². The normalized spacial score (nSPS) is 10.7. The van der Waals surface area contributed by atoms with E-state index in [1.807, 2.05) is 24.4 Å². The van der Waals surface area contributed by atoms with Gasteiger partial charge < -0.3 is 10.5 Å². The van der Waals surface area contributed by atoms with Gasteiger partial charge in [-0.3, -0.25) is 0 Å². The van der Waals surface area contributed by atoms with Crippen LogP contribution in [-0.4, -0.2) is 22.1 Å². The Kier molecular flexibility index (Phi) is 3.55. The van der Waals surface area contributed by atoms with Gasteiger partial charge in [0.15, 0.2) is 0 Å². The zero-order valence-electron chi connectivity index (χ0n) is 12.9. The summed E-state index contributed by atoms with van der Waals surface area (Å²) in [6.45, 7) is 4.18. The summed E-state index contributed by atoms with van der Waals surface area (Å²) in [4.78, 5) is 0. The number of anilines is 1. The van der Waals surface area contributed by atoms with E-state index in [-0.39, 0.29) is 0 Å². The highest BCUT2D eigenvalue weighted by Gasteiger charge is 2.08. The van der Waals surface area contributed by atoms with Crippen LogP contribution in [0.15, 0.2) is 42.6 Å². The molecule has 2 aromatic carbocycles. The molecule has 0 aliphatic carbocycles. The number of benzene rings is 2. The van der Waals surface area contributed by atoms with Gasteiger partial charge in [0.2, 0.25) is 0 Å². The van der Waals surface area contributed by atoms with Gasteiger partial charge in [0.1, 0.15) is 11.4 Å². The minimum absolute atomic E-state index is 0.572. The number of nitrogens with zero attached hydrogens (tertiary/aromatic N) is 3. The molecule has 2 N–H and O–H groups in total. The summed E-state index contributed by atoms with van der Waals surface area (Å²) in [5.41, 5.74) is 11.7. The number of methoxy groups -OCH3 is 1. The smallest absolute Gasteiger partial charge is 0.141 e. The van der Waals surface area contributed by atoms with E-state index in [0.29, 0.717) is 11.4 Å². The maximum absolute atomic E-state index is 5.94. The van der Waals surface area contributed by atoms with E-state index in [4.69, 9.17) is 10.5 Å². The Balaban J connectivity index is 1.96. The van der Waals surface area contributed by atoms with E-state index in [1.165, 1.54) is 11.1 Å². The lowest BCUT2D eigenvalue weighted by Gasteiger charge is -2.06. The van der Waals surface area contributed by atoms with E-state index < -0.39 is 0 Å². The van der Waals surface area contributed by atoms with Crippen molar-refractivity contribution in [2.24, 2.45) is 0 Å². The maximum atomic E-state index is 5.94. The third-order valence-electron chi connectivity index (χ3n) is 3.77. The Morgan fingerprint density at radius 2 is 1.86 bits per heavy atom. The standard InChI is InChI=1S/C17H18N4O/c1-11-4-5-13(8-12(11)2)16-10-21(20-19-16)14-6-7-17(22-3)15(18)9-14/h4-10H,18H2,1-3H3. The van der Waals surface area contributed by atoms with E-state index in [0.717, 1.165) is 16.9 Å². The van der Waals surface area contributed by atoms with E-state index >= 15 is 0 Å². The van der Waals surface area contributed by atoms with Crippen LogP contribution in [0.1, 0.15) is 11.1 Å². The van der Waals surface area contributed by atoms with Crippen LogP contribution in [0.5, 0.6) is 5.75 Å². The van der Waals surface area contributed by atoms with Gasteiger partial charge in [0, 0.05) is 5.56 Å². The minimum Gasteiger partial charge on any atom is -0.495 e. The largest absolute Gasteiger partial charge is 0.495 e. The Labute approximate surface area is 129 Å². The van der Waals surface area contributed by atoms with Crippen molar-refractivity contribution in [3.05, 3.63) is 53.7 Å². The molecule has 1 heterocycles. The van der Waals surface area contributed by atoms with Gasteiger partial charge in [-0.1, -0.05) is 17.3 Å². The topological polar surface area (TPSA) is 66.0 Å². The number of hydrogen-bond acceptors (Lipinski definition) is 4. The SMILES string of the molecule is COc1ccc(-n2cc(-c3ccc(C)c(C)c3)nn2)cc1N. The van der Waals surface area contributed by atoms with Crippen LogP contribution in [-0.2, 0) is 0 Å². The molecule has 22 heavy (non-hydrogen) atoms. The quantitative estimate of drug-likeness (QED) is 0.754.